The van der Waals surface area contributed by atoms with E-state index in [0.29, 0.717) is 38.5 Å². The van der Waals surface area contributed by atoms with Gasteiger partial charge in [-0.3, -0.25) is 4.79 Å². The zero-order chi connectivity index (χ0) is 22.6. The predicted octanol–water partition coefficient (Wildman–Crippen LogP) is 7.14. The lowest BCUT2D eigenvalue weighted by Crippen LogP contribution is -2.23. The first kappa shape index (κ1) is 22.5. The van der Waals surface area contributed by atoms with Crippen LogP contribution in [0.3, 0.4) is 0 Å². The van der Waals surface area contributed by atoms with Crippen LogP contribution in [-0.2, 0) is 6.18 Å². The largest absolute Gasteiger partial charge is 0.416 e. The maximum absolute atomic E-state index is 13.1. The highest BCUT2D eigenvalue weighted by Gasteiger charge is 2.30. The molecule has 0 aliphatic carbocycles. The lowest BCUT2D eigenvalue weighted by Gasteiger charge is -2.11. The number of alkyl halides is 3. The van der Waals surface area contributed by atoms with E-state index in [1.807, 2.05) is 26.0 Å². The molecule has 0 aliphatic heterocycles. The van der Waals surface area contributed by atoms with Crippen molar-refractivity contribution in [3.05, 3.63) is 89.7 Å². The molecule has 1 aromatic heterocycles. The Morgan fingerprint density at radius 3 is 2.65 bits per heavy atom. The number of hydrogen-bond acceptors (Lipinski definition) is 3. The van der Waals surface area contributed by atoms with Crippen LogP contribution in [0, 0.1) is 0 Å². The van der Waals surface area contributed by atoms with Crippen LogP contribution in [0.1, 0.15) is 36.2 Å². The summed E-state index contributed by atoms with van der Waals surface area (Å²) >= 11 is 1.24. The lowest BCUT2D eigenvalue weighted by atomic mass is 10.1. The quantitative estimate of drug-likeness (QED) is 0.412. The van der Waals surface area contributed by atoms with Crippen molar-refractivity contribution in [2.75, 3.05) is 0 Å². The van der Waals surface area contributed by atoms with Crippen LogP contribution in [0.4, 0.5) is 13.2 Å². The third kappa shape index (κ3) is 5.11. The molecule has 0 aliphatic rings. The second kappa shape index (κ2) is 9.31. The van der Waals surface area contributed by atoms with Crippen LogP contribution >= 0.6 is 11.3 Å². The molecular formula is C24H21F3N2OS. The van der Waals surface area contributed by atoms with Crippen LogP contribution in [-0.4, -0.2) is 10.9 Å². The number of para-hydroxylation sites is 1. The van der Waals surface area contributed by atoms with Gasteiger partial charge >= 0.3 is 6.18 Å². The smallest absolute Gasteiger partial charge is 0.322 e. The molecule has 0 saturated carbocycles. The van der Waals surface area contributed by atoms with Crippen molar-refractivity contribution in [1.29, 1.82) is 0 Å². The Labute approximate surface area is 182 Å². The van der Waals surface area contributed by atoms with Crippen molar-refractivity contribution in [3.63, 3.8) is 0 Å². The fourth-order valence-electron chi connectivity index (χ4n) is 2.90. The minimum absolute atomic E-state index is 0.349. The summed E-state index contributed by atoms with van der Waals surface area (Å²) in [6, 6.07) is 10.2. The van der Waals surface area contributed by atoms with Crippen LogP contribution in [0.25, 0.3) is 20.8 Å². The number of hydrogen-bond donors (Lipinski definition) is 1. The minimum atomic E-state index is -4.44. The summed E-state index contributed by atoms with van der Waals surface area (Å²) in [5.74, 6) is -0.350. The number of benzene rings is 2. The fraction of sp³-hybridized carbons (Fsp3) is 0.167. The Morgan fingerprint density at radius 2 is 1.97 bits per heavy atom. The van der Waals surface area contributed by atoms with Crippen LogP contribution in [0.2, 0.25) is 0 Å². The van der Waals surface area contributed by atoms with Crippen LogP contribution in [0.5, 0.6) is 0 Å². The first-order chi connectivity index (χ1) is 14.7. The molecule has 160 valence electrons. The number of rotatable bonds is 6. The van der Waals surface area contributed by atoms with E-state index in [-0.39, 0.29) is 5.91 Å². The molecule has 0 spiro atoms. The lowest BCUT2D eigenvalue weighted by molar-refractivity contribution is -0.137. The monoisotopic (exact) mass is 442 g/mol. The molecular weight excluding hydrogens is 421 g/mol. The first-order valence-electron chi connectivity index (χ1n) is 9.64. The number of allylic oxidation sites excluding steroid dienone is 4. The number of nitrogens with one attached hydrogen (secondary N) is 1. The number of aromatic nitrogens is 1. The SMILES string of the molecule is C=C(CC)C(=CC=CC)NC(=O)c1cccc2sc(-c3cccc(C(F)(F)F)c3)nc12. The molecule has 0 bridgehead atoms. The minimum Gasteiger partial charge on any atom is -0.322 e. The zero-order valence-electron chi connectivity index (χ0n) is 17.1. The molecule has 7 heteroatoms. The molecule has 2 aromatic carbocycles. The molecule has 3 nitrogen and oxygen atoms in total. The Balaban J connectivity index is 2.00. The van der Waals surface area contributed by atoms with Crippen molar-refractivity contribution < 1.29 is 18.0 Å². The highest BCUT2D eigenvalue weighted by Crippen LogP contribution is 2.35. The Bertz CT molecular complexity index is 1190. The van der Waals surface area contributed by atoms with Crippen molar-refractivity contribution in [3.8, 4) is 10.6 Å². The number of nitrogens with zero attached hydrogens (tertiary/aromatic N) is 1. The third-order valence-electron chi connectivity index (χ3n) is 4.61. The maximum Gasteiger partial charge on any atom is 0.416 e. The summed E-state index contributed by atoms with van der Waals surface area (Å²) in [6.45, 7) is 7.80. The van der Waals surface area contributed by atoms with E-state index in [1.54, 1.807) is 30.3 Å². The Hall–Kier alpha value is -3.19. The zero-order valence-corrected chi connectivity index (χ0v) is 17.9. The summed E-state index contributed by atoms with van der Waals surface area (Å²) in [5, 5.41) is 3.30. The Morgan fingerprint density at radius 1 is 1.23 bits per heavy atom. The van der Waals surface area contributed by atoms with Gasteiger partial charge < -0.3 is 5.32 Å². The van der Waals surface area contributed by atoms with Crippen LogP contribution in [0.15, 0.2) is 78.5 Å². The van der Waals surface area contributed by atoms with Crippen molar-refractivity contribution in [2.24, 2.45) is 0 Å². The van der Waals surface area contributed by atoms with Gasteiger partial charge in [-0.1, -0.05) is 43.9 Å². The highest BCUT2D eigenvalue weighted by atomic mass is 32.1. The van der Waals surface area contributed by atoms with Gasteiger partial charge in [0.05, 0.1) is 21.3 Å². The topological polar surface area (TPSA) is 42.0 Å². The van der Waals surface area contributed by atoms with E-state index >= 15 is 0 Å². The summed E-state index contributed by atoms with van der Waals surface area (Å²) in [4.78, 5) is 17.5. The van der Waals surface area contributed by atoms with E-state index in [1.165, 1.54) is 17.4 Å². The van der Waals surface area contributed by atoms with E-state index < -0.39 is 11.7 Å². The average Bonchev–Trinajstić information content (AvgIpc) is 3.20. The van der Waals surface area contributed by atoms with Gasteiger partial charge in [0, 0.05) is 11.3 Å². The van der Waals surface area contributed by atoms with Crippen molar-refractivity contribution in [1.82, 2.24) is 10.3 Å². The van der Waals surface area contributed by atoms with Gasteiger partial charge in [0.1, 0.15) is 5.01 Å². The second-order valence-corrected chi connectivity index (χ2v) is 7.80. The van der Waals surface area contributed by atoms with E-state index in [4.69, 9.17) is 0 Å². The molecule has 0 atom stereocenters. The summed E-state index contributed by atoms with van der Waals surface area (Å²) in [7, 11) is 0. The van der Waals surface area contributed by atoms with Gasteiger partial charge in [0.15, 0.2) is 0 Å². The number of halogens is 3. The van der Waals surface area contributed by atoms with E-state index in [2.05, 4.69) is 16.9 Å². The molecule has 1 heterocycles. The van der Waals surface area contributed by atoms with E-state index in [9.17, 15) is 18.0 Å². The molecule has 31 heavy (non-hydrogen) atoms. The predicted molar refractivity (Wildman–Crippen MR) is 120 cm³/mol. The number of carbonyl (C=O) groups excluding carboxylic acids is 1. The standard InChI is InChI=1S/C24H21F3N2OS/c1-4-6-12-19(15(3)5-2)28-22(30)18-11-8-13-20-21(18)29-23(31-20)16-9-7-10-17(14-16)24(25,26)27/h4,6-14H,3,5H2,1-2H3,(H,28,30). The molecule has 0 radical (unpaired) electrons. The van der Waals surface area contributed by atoms with Gasteiger partial charge in [0.2, 0.25) is 0 Å². The average molecular weight is 443 g/mol. The number of thiazole rings is 1. The molecule has 0 unspecified atom stereocenters. The van der Waals surface area contributed by atoms with Gasteiger partial charge in [-0.05, 0) is 49.3 Å². The molecule has 0 fully saturated rings. The summed E-state index contributed by atoms with van der Waals surface area (Å²) in [6.07, 6.45) is 1.67. The molecule has 3 rings (SSSR count). The van der Waals surface area contributed by atoms with Gasteiger partial charge in [-0.25, -0.2) is 4.98 Å². The van der Waals surface area contributed by atoms with Gasteiger partial charge in [-0.15, -0.1) is 11.3 Å². The van der Waals surface area contributed by atoms with Crippen LogP contribution < -0.4 is 5.32 Å². The summed E-state index contributed by atoms with van der Waals surface area (Å²) < 4.78 is 39.9. The third-order valence-corrected chi connectivity index (χ3v) is 5.68. The fourth-order valence-corrected chi connectivity index (χ4v) is 3.89. The second-order valence-electron chi connectivity index (χ2n) is 6.77. The van der Waals surface area contributed by atoms with Gasteiger partial charge in [-0.2, -0.15) is 13.2 Å². The number of amides is 1. The number of carbonyl (C=O) groups is 1. The molecule has 3 aromatic rings. The van der Waals surface area contributed by atoms with Crippen molar-refractivity contribution in [2.45, 2.75) is 26.4 Å². The molecule has 0 saturated heterocycles. The summed E-state index contributed by atoms with van der Waals surface area (Å²) in [5.41, 5.74) is 1.80. The maximum atomic E-state index is 13.1. The number of fused-ring (bicyclic) bond motifs is 1. The molecule has 1 amide bonds. The van der Waals surface area contributed by atoms with Crippen molar-refractivity contribution >= 4 is 27.5 Å². The van der Waals surface area contributed by atoms with E-state index in [0.717, 1.165) is 17.7 Å². The van der Waals surface area contributed by atoms with Gasteiger partial charge in [0.25, 0.3) is 5.91 Å². The first-order valence-corrected chi connectivity index (χ1v) is 10.5. The molecule has 1 N–H and O–H groups in total. The highest BCUT2D eigenvalue weighted by molar-refractivity contribution is 7.21. The Kier molecular flexibility index (Phi) is 6.75. The normalized spacial score (nSPS) is 12.5.